The minimum Gasteiger partial charge on any atom is -0.545 e. The highest BCUT2D eigenvalue weighted by Gasteiger charge is 2.30. The van der Waals surface area contributed by atoms with E-state index in [0.717, 1.165) is 4.31 Å². The molecule has 1 aliphatic rings. The number of carbonyl (C=O) groups is 2. The van der Waals surface area contributed by atoms with Crippen molar-refractivity contribution in [1.82, 2.24) is 0 Å². The van der Waals surface area contributed by atoms with Gasteiger partial charge in [-0.2, -0.15) is 0 Å². The molecular formula is C20H15N2O5S-. The van der Waals surface area contributed by atoms with E-state index in [-0.39, 0.29) is 28.6 Å². The van der Waals surface area contributed by atoms with Gasteiger partial charge in [0.05, 0.1) is 16.6 Å². The summed E-state index contributed by atoms with van der Waals surface area (Å²) < 4.78 is 28.0. The van der Waals surface area contributed by atoms with Gasteiger partial charge in [-0.3, -0.25) is 9.10 Å². The maximum Gasteiger partial charge on any atom is 0.264 e. The molecule has 3 aromatic carbocycles. The maximum atomic E-state index is 13.5. The molecule has 4 rings (SSSR count). The number of benzene rings is 3. The van der Waals surface area contributed by atoms with Gasteiger partial charge < -0.3 is 15.2 Å². The molecule has 0 fully saturated rings. The fourth-order valence-electron chi connectivity index (χ4n) is 3.54. The van der Waals surface area contributed by atoms with Crippen molar-refractivity contribution in [3.8, 4) is 0 Å². The second-order valence-electron chi connectivity index (χ2n) is 6.27. The number of carboxylic acids is 1. The van der Waals surface area contributed by atoms with Crippen LogP contribution in [-0.4, -0.2) is 26.8 Å². The van der Waals surface area contributed by atoms with E-state index in [0.29, 0.717) is 22.0 Å². The molecule has 8 heteroatoms. The first-order chi connectivity index (χ1) is 13.4. The zero-order chi connectivity index (χ0) is 20.1. The average molecular weight is 395 g/mol. The molecule has 0 atom stereocenters. The molecule has 0 radical (unpaired) electrons. The Balaban J connectivity index is 1.96. The monoisotopic (exact) mass is 395 g/mol. The van der Waals surface area contributed by atoms with E-state index in [2.05, 4.69) is 5.32 Å². The van der Waals surface area contributed by atoms with Crippen LogP contribution in [0.3, 0.4) is 0 Å². The predicted octanol–water partition coefficient (Wildman–Crippen LogP) is 1.98. The average Bonchev–Trinajstić information content (AvgIpc) is 3.00. The van der Waals surface area contributed by atoms with Crippen LogP contribution >= 0.6 is 0 Å². The highest BCUT2D eigenvalue weighted by Crippen LogP contribution is 2.38. The minimum absolute atomic E-state index is 0.000369. The summed E-state index contributed by atoms with van der Waals surface area (Å²) in [6, 6.07) is 13.7. The van der Waals surface area contributed by atoms with Gasteiger partial charge in [0.25, 0.3) is 15.9 Å². The lowest BCUT2D eigenvalue weighted by molar-refractivity contribution is -0.254. The van der Waals surface area contributed by atoms with Crippen LogP contribution in [-0.2, 0) is 10.0 Å². The Morgan fingerprint density at radius 3 is 2.54 bits per heavy atom. The van der Waals surface area contributed by atoms with Gasteiger partial charge in [-0.1, -0.05) is 30.3 Å². The van der Waals surface area contributed by atoms with E-state index in [1.807, 2.05) is 0 Å². The quantitative estimate of drug-likeness (QED) is 0.711. The lowest BCUT2D eigenvalue weighted by Crippen LogP contribution is -2.34. The first kappa shape index (κ1) is 18.0. The summed E-state index contributed by atoms with van der Waals surface area (Å²) in [4.78, 5) is 23.6. The van der Waals surface area contributed by atoms with Gasteiger partial charge in [-0.15, -0.1) is 0 Å². The Bertz CT molecular complexity index is 1250. The van der Waals surface area contributed by atoms with Crippen LogP contribution in [0.25, 0.3) is 10.8 Å². The number of sulfonamides is 1. The van der Waals surface area contributed by atoms with Crippen LogP contribution in [0, 0.1) is 0 Å². The first-order valence-electron chi connectivity index (χ1n) is 8.56. The van der Waals surface area contributed by atoms with Crippen LogP contribution in [0.4, 0.5) is 11.4 Å². The van der Waals surface area contributed by atoms with E-state index in [9.17, 15) is 23.1 Å². The number of hydrogen-bond donors (Lipinski definition) is 1. The van der Waals surface area contributed by atoms with Crippen molar-refractivity contribution in [2.24, 2.45) is 0 Å². The molecule has 0 aliphatic carbocycles. The Kier molecular flexibility index (Phi) is 4.08. The van der Waals surface area contributed by atoms with Gasteiger partial charge in [0.2, 0.25) is 0 Å². The van der Waals surface area contributed by atoms with Crippen molar-refractivity contribution < 1.29 is 23.1 Å². The normalized spacial score (nSPS) is 12.8. The Morgan fingerprint density at radius 1 is 1.07 bits per heavy atom. The molecular weight excluding hydrogens is 380 g/mol. The number of nitrogens with one attached hydrogen (secondary N) is 1. The highest BCUT2D eigenvalue weighted by molar-refractivity contribution is 7.93. The van der Waals surface area contributed by atoms with Gasteiger partial charge in [0, 0.05) is 34.1 Å². The number of rotatable bonds is 5. The van der Waals surface area contributed by atoms with Crippen LogP contribution in [0.1, 0.15) is 27.6 Å². The number of carboxylic acid groups (broad SMARTS) is 1. The van der Waals surface area contributed by atoms with Crippen LogP contribution in [0.15, 0.2) is 59.5 Å². The molecule has 0 spiro atoms. The summed E-state index contributed by atoms with van der Waals surface area (Å²) in [6.07, 6.45) is 0. The second-order valence-corrected chi connectivity index (χ2v) is 8.10. The SMILES string of the molecule is CCN(c1ccccc1C(=O)[O-])S(=O)(=O)c1ccc2c3c(cccc13)C(=O)N2. The first-order valence-corrected chi connectivity index (χ1v) is 10.0. The minimum atomic E-state index is -4.11. The molecule has 1 aliphatic heterocycles. The number of aromatic carboxylic acids is 1. The molecule has 0 bridgehead atoms. The number of amides is 1. The van der Waals surface area contributed by atoms with E-state index < -0.39 is 16.0 Å². The van der Waals surface area contributed by atoms with E-state index in [4.69, 9.17) is 0 Å². The standard InChI is InChI=1S/C20H16N2O5S/c1-2-22(16-9-4-3-6-12(16)20(24)25)28(26,27)17-11-10-15-18-13(17)7-5-8-14(18)19(23)21-15/h3-11H,2H2,1H3,(H,21,23)(H,24,25)/p-1. The van der Waals surface area contributed by atoms with Crippen LogP contribution < -0.4 is 14.7 Å². The van der Waals surface area contributed by atoms with Crippen molar-refractivity contribution in [2.45, 2.75) is 11.8 Å². The number of nitrogens with zero attached hydrogens (tertiary/aromatic N) is 1. The summed E-state index contributed by atoms with van der Waals surface area (Å²) in [5, 5.41) is 15.1. The zero-order valence-electron chi connectivity index (χ0n) is 14.8. The molecule has 1 heterocycles. The molecule has 3 aromatic rings. The third-order valence-electron chi connectivity index (χ3n) is 4.74. The molecule has 0 saturated heterocycles. The zero-order valence-corrected chi connectivity index (χ0v) is 15.6. The molecule has 7 nitrogen and oxygen atoms in total. The molecule has 28 heavy (non-hydrogen) atoms. The van der Waals surface area contributed by atoms with Crippen molar-refractivity contribution in [2.75, 3.05) is 16.2 Å². The lowest BCUT2D eigenvalue weighted by atomic mass is 10.1. The molecule has 0 saturated carbocycles. The van der Waals surface area contributed by atoms with E-state index in [1.165, 1.54) is 24.3 Å². The Labute approximate surface area is 161 Å². The summed E-state index contributed by atoms with van der Waals surface area (Å²) in [7, 11) is -4.11. The predicted molar refractivity (Wildman–Crippen MR) is 103 cm³/mol. The molecule has 1 amide bonds. The Morgan fingerprint density at radius 2 is 1.82 bits per heavy atom. The molecule has 0 unspecified atom stereocenters. The van der Waals surface area contributed by atoms with Crippen LogP contribution in [0.5, 0.6) is 0 Å². The summed E-state index contributed by atoms with van der Waals surface area (Å²) in [5.74, 6) is -1.75. The van der Waals surface area contributed by atoms with Crippen LogP contribution in [0.2, 0.25) is 0 Å². The highest BCUT2D eigenvalue weighted by atomic mass is 32.2. The van der Waals surface area contributed by atoms with Crippen molar-refractivity contribution >= 4 is 44.0 Å². The second kappa shape index (κ2) is 6.35. The van der Waals surface area contributed by atoms with Gasteiger partial charge in [-0.25, -0.2) is 8.42 Å². The summed E-state index contributed by atoms with van der Waals surface area (Å²) in [6.45, 7) is 1.64. The number of hydrogen-bond acceptors (Lipinski definition) is 5. The van der Waals surface area contributed by atoms with E-state index in [1.54, 1.807) is 37.3 Å². The number of para-hydroxylation sites is 1. The molecule has 142 valence electrons. The third-order valence-corrected chi connectivity index (χ3v) is 6.69. The van der Waals surface area contributed by atoms with Gasteiger partial charge in [0.1, 0.15) is 0 Å². The van der Waals surface area contributed by atoms with Crippen molar-refractivity contribution in [3.05, 3.63) is 65.7 Å². The van der Waals surface area contributed by atoms with Crippen molar-refractivity contribution in [1.29, 1.82) is 0 Å². The number of anilines is 2. The van der Waals surface area contributed by atoms with Gasteiger partial charge in [-0.05, 0) is 31.2 Å². The summed E-state index contributed by atoms with van der Waals surface area (Å²) in [5.41, 5.74) is 0.772. The molecule has 0 aromatic heterocycles. The smallest absolute Gasteiger partial charge is 0.264 e. The largest absolute Gasteiger partial charge is 0.545 e. The van der Waals surface area contributed by atoms with E-state index >= 15 is 0 Å². The van der Waals surface area contributed by atoms with Gasteiger partial charge >= 0.3 is 0 Å². The fraction of sp³-hybridized carbons (Fsp3) is 0.100. The number of carbonyl (C=O) groups excluding carboxylic acids is 2. The molecule has 1 N–H and O–H groups in total. The fourth-order valence-corrected chi connectivity index (χ4v) is 5.22. The third kappa shape index (κ3) is 2.53. The van der Waals surface area contributed by atoms with Gasteiger partial charge in [0.15, 0.2) is 0 Å². The topological polar surface area (TPSA) is 107 Å². The lowest BCUT2D eigenvalue weighted by Gasteiger charge is -2.26. The summed E-state index contributed by atoms with van der Waals surface area (Å²) >= 11 is 0. The van der Waals surface area contributed by atoms with Crippen molar-refractivity contribution in [3.63, 3.8) is 0 Å². The Hall–Kier alpha value is -3.39. The maximum absolute atomic E-state index is 13.5.